The van der Waals surface area contributed by atoms with E-state index in [1.165, 1.54) is 4.90 Å². The molecule has 1 spiro atoms. The third-order valence-corrected chi connectivity index (χ3v) is 6.46. The van der Waals surface area contributed by atoms with Crippen molar-refractivity contribution in [3.8, 4) is 0 Å². The van der Waals surface area contributed by atoms with Crippen LogP contribution in [0.25, 0.3) is 0 Å². The lowest BCUT2D eigenvalue weighted by Crippen LogP contribution is -2.56. The molecule has 0 aromatic heterocycles. The van der Waals surface area contributed by atoms with Crippen molar-refractivity contribution >= 4 is 17.8 Å². The molecule has 6 heteroatoms. The molecule has 2 aliphatic heterocycles. The summed E-state index contributed by atoms with van der Waals surface area (Å²) in [5.74, 6) is -0.105. The maximum Gasteiger partial charge on any atom is 0.325 e. The molecule has 0 radical (unpaired) electrons. The average Bonchev–Trinajstić information content (AvgIpc) is 3.02. The van der Waals surface area contributed by atoms with Crippen molar-refractivity contribution in [3.63, 3.8) is 0 Å². The molecule has 162 valence electrons. The van der Waals surface area contributed by atoms with Crippen molar-refractivity contribution in [1.82, 2.24) is 15.1 Å². The van der Waals surface area contributed by atoms with E-state index >= 15 is 0 Å². The Kier molecular flexibility index (Phi) is 5.81. The maximum absolute atomic E-state index is 13.2. The van der Waals surface area contributed by atoms with Gasteiger partial charge in [0.05, 0.1) is 0 Å². The Hall–Kier alpha value is -3.15. The van der Waals surface area contributed by atoms with Crippen molar-refractivity contribution in [2.45, 2.75) is 50.6 Å². The number of carbonyl (C=O) groups is 3. The van der Waals surface area contributed by atoms with Crippen LogP contribution in [0.1, 0.15) is 50.2 Å². The summed E-state index contributed by atoms with van der Waals surface area (Å²) in [6.07, 6.45) is 1.28. The summed E-state index contributed by atoms with van der Waals surface area (Å²) in [4.78, 5) is 41.5. The van der Waals surface area contributed by atoms with Crippen molar-refractivity contribution in [2.24, 2.45) is 0 Å². The number of hydrogen-bond donors (Lipinski definition) is 1. The number of carbonyl (C=O) groups excluding carboxylic acids is 3. The van der Waals surface area contributed by atoms with Gasteiger partial charge in [-0.15, -0.1) is 0 Å². The Morgan fingerprint density at radius 1 is 0.935 bits per heavy atom. The van der Waals surface area contributed by atoms with Crippen LogP contribution < -0.4 is 5.32 Å². The van der Waals surface area contributed by atoms with Crippen LogP contribution in [0.2, 0.25) is 0 Å². The minimum absolute atomic E-state index is 0.0185. The van der Waals surface area contributed by atoms with Gasteiger partial charge in [0.2, 0.25) is 5.91 Å². The van der Waals surface area contributed by atoms with Crippen LogP contribution in [0, 0.1) is 0 Å². The van der Waals surface area contributed by atoms with Gasteiger partial charge in [-0.1, -0.05) is 60.7 Å². The summed E-state index contributed by atoms with van der Waals surface area (Å²) in [5.41, 5.74) is 1.36. The third-order valence-electron chi connectivity index (χ3n) is 6.46. The van der Waals surface area contributed by atoms with Gasteiger partial charge in [-0.05, 0) is 37.8 Å². The largest absolute Gasteiger partial charge is 0.342 e. The summed E-state index contributed by atoms with van der Waals surface area (Å²) >= 11 is 0. The number of imide groups is 1. The van der Waals surface area contributed by atoms with Crippen LogP contribution in [0.15, 0.2) is 60.7 Å². The van der Waals surface area contributed by atoms with Gasteiger partial charge in [-0.2, -0.15) is 0 Å². The van der Waals surface area contributed by atoms with Crippen LogP contribution in [-0.4, -0.2) is 52.3 Å². The molecule has 2 aliphatic rings. The summed E-state index contributed by atoms with van der Waals surface area (Å²) in [6, 6.07) is 19.7. The van der Waals surface area contributed by atoms with E-state index in [1.54, 1.807) is 0 Å². The lowest BCUT2D eigenvalue weighted by Gasteiger charge is -2.38. The lowest BCUT2D eigenvalue weighted by atomic mass is 9.85. The van der Waals surface area contributed by atoms with E-state index in [1.807, 2.05) is 55.1 Å². The number of amides is 4. The molecule has 31 heavy (non-hydrogen) atoms. The summed E-state index contributed by atoms with van der Waals surface area (Å²) in [7, 11) is 0. The molecular formula is C25H29N3O3. The van der Waals surface area contributed by atoms with Crippen LogP contribution in [0.3, 0.4) is 0 Å². The highest BCUT2D eigenvalue weighted by Crippen LogP contribution is 2.33. The average molecular weight is 420 g/mol. The maximum atomic E-state index is 13.2. The summed E-state index contributed by atoms with van der Waals surface area (Å²) in [5, 5.41) is 2.90. The molecule has 0 aliphatic carbocycles. The Labute approximate surface area is 183 Å². The van der Waals surface area contributed by atoms with E-state index in [4.69, 9.17) is 0 Å². The summed E-state index contributed by atoms with van der Waals surface area (Å²) in [6.45, 7) is 4.60. The van der Waals surface area contributed by atoms with Crippen LogP contribution in [0.4, 0.5) is 4.79 Å². The van der Waals surface area contributed by atoms with Crippen molar-refractivity contribution in [1.29, 1.82) is 0 Å². The van der Waals surface area contributed by atoms with E-state index < -0.39 is 5.54 Å². The first-order valence-electron chi connectivity index (χ1n) is 10.9. The molecule has 2 aromatic rings. The molecule has 0 atom stereocenters. The van der Waals surface area contributed by atoms with Gasteiger partial charge in [0, 0.05) is 31.5 Å². The number of benzene rings is 2. The van der Waals surface area contributed by atoms with Crippen LogP contribution >= 0.6 is 0 Å². The first-order valence-corrected chi connectivity index (χ1v) is 10.9. The van der Waals surface area contributed by atoms with Gasteiger partial charge in [0.25, 0.3) is 5.91 Å². The molecule has 4 amide bonds. The number of piperidine rings is 1. The van der Waals surface area contributed by atoms with Gasteiger partial charge in [-0.3, -0.25) is 14.5 Å². The number of nitrogens with zero attached hydrogens (tertiary/aromatic N) is 2. The predicted molar refractivity (Wildman–Crippen MR) is 118 cm³/mol. The zero-order chi connectivity index (χ0) is 22.0. The first-order chi connectivity index (χ1) is 14.9. The highest BCUT2D eigenvalue weighted by molar-refractivity contribution is 6.07. The lowest BCUT2D eigenvalue weighted by molar-refractivity contribution is -0.139. The van der Waals surface area contributed by atoms with Gasteiger partial charge >= 0.3 is 6.03 Å². The second-order valence-electron chi connectivity index (χ2n) is 8.74. The van der Waals surface area contributed by atoms with E-state index in [2.05, 4.69) is 29.6 Å². The predicted octanol–water partition coefficient (Wildman–Crippen LogP) is 3.53. The molecule has 2 saturated heterocycles. The molecule has 4 rings (SSSR count). The molecule has 1 N–H and O–H groups in total. The highest BCUT2D eigenvalue weighted by atomic mass is 16.2. The standard InChI is InChI=1S/C25H29N3O3/c1-18(2)28-23(30)25(26-24(28)31)13-15-27(16-14-25)22(29)17-21(19-9-5-3-6-10-19)20-11-7-4-8-12-20/h3-12,18,21H,13-17H2,1-2H3,(H,26,31). The molecule has 2 aromatic carbocycles. The Morgan fingerprint density at radius 2 is 1.45 bits per heavy atom. The quantitative estimate of drug-likeness (QED) is 0.754. The number of nitrogens with one attached hydrogen (secondary N) is 1. The first kappa shape index (κ1) is 21.1. The number of likely N-dealkylation sites (tertiary alicyclic amines) is 1. The Morgan fingerprint density at radius 3 is 1.90 bits per heavy atom. The number of rotatable bonds is 5. The van der Waals surface area contributed by atoms with Crippen molar-refractivity contribution in [3.05, 3.63) is 71.8 Å². The van der Waals surface area contributed by atoms with E-state index in [0.29, 0.717) is 32.4 Å². The Balaban J connectivity index is 1.46. The SMILES string of the molecule is CC(C)N1C(=O)NC2(CCN(C(=O)CC(c3ccccc3)c3ccccc3)CC2)C1=O. The number of urea groups is 1. The fourth-order valence-electron chi connectivity index (χ4n) is 4.69. The van der Waals surface area contributed by atoms with Gasteiger partial charge in [0.15, 0.2) is 0 Å². The minimum Gasteiger partial charge on any atom is -0.342 e. The molecule has 0 saturated carbocycles. The molecular weight excluding hydrogens is 390 g/mol. The van der Waals surface area contributed by atoms with E-state index in [9.17, 15) is 14.4 Å². The molecule has 6 nitrogen and oxygen atoms in total. The third kappa shape index (κ3) is 4.07. The van der Waals surface area contributed by atoms with Gasteiger partial charge in [-0.25, -0.2) is 4.79 Å². The topological polar surface area (TPSA) is 69.7 Å². The van der Waals surface area contributed by atoms with Gasteiger partial charge < -0.3 is 10.2 Å². The van der Waals surface area contributed by atoms with Crippen LogP contribution in [0.5, 0.6) is 0 Å². The Bertz CT molecular complexity index is 911. The zero-order valence-corrected chi connectivity index (χ0v) is 18.1. The van der Waals surface area contributed by atoms with Crippen LogP contribution in [-0.2, 0) is 9.59 Å². The monoisotopic (exact) mass is 419 g/mol. The fraction of sp³-hybridized carbons (Fsp3) is 0.400. The molecule has 2 fully saturated rings. The zero-order valence-electron chi connectivity index (χ0n) is 18.1. The fourth-order valence-corrected chi connectivity index (χ4v) is 4.69. The minimum atomic E-state index is -0.865. The van der Waals surface area contributed by atoms with Crippen molar-refractivity contribution < 1.29 is 14.4 Å². The number of hydrogen-bond acceptors (Lipinski definition) is 3. The smallest absolute Gasteiger partial charge is 0.325 e. The second kappa shape index (κ2) is 8.53. The molecule has 0 bridgehead atoms. The molecule has 2 heterocycles. The summed E-state index contributed by atoms with van der Waals surface area (Å²) < 4.78 is 0. The van der Waals surface area contributed by atoms with Crippen molar-refractivity contribution in [2.75, 3.05) is 13.1 Å². The highest BCUT2D eigenvalue weighted by Gasteiger charge is 2.53. The van der Waals surface area contributed by atoms with Gasteiger partial charge in [0.1, 0.15) is 5.54 Å². The van der Waals surface area contributed by atoms with E-state index in [0.717, 1.165) is 11.1 Å². The van der Waals surface area contributed by atoms with E-state index in [-0.39, 0.29) is 29.8 Å². The normalized spacial score (nSPS) is 18.2. The molecule has 0 unspecified atom stereocenters. The second-order valence-corrected chi connectivity index (χ2v) is 8.74.